The highest BCUT2D eigenvalue weighted by atomic mass is 15.1. The number of nitrogens with zero attached hydrogens (tertiary/aromatic N) is 4. The molecule has 2 heterocycles. The van der Waals surface area contributed by atoms with Gasteiger partial charge in [0, 0.05) is 21.5 Å². The summed E-state index contributed by atoms with van der Waals surface area (Å²) < 4.78 is 4.43. The molecule has 0 spiro atoms. The fraction of sp³-hybridized carbons (Fsp3) is 0. The number of hydrogen-bond acceptors (Lipinski definition) is 2. The molecule has 0 amide bonds. The summed E-state index contributed by atoms with van der Waals surface area (Å²) in [6.45, 7) is 0. The third kappa shape index (κ3) is 3.59. The molecular weight excluding hydrogens is 560 g/mol. The van der Waals surface area contributed by atoms with E-state index in [9.17, 15) is 10.5 Å². The molecule has 0 saturated carbocycles. The highest BCUT2D eigenvalue weighted by Crippen LogP contribution is 2.42. The van der Waals surface area contributed by atoms with Gasteiger partial charge < -0.3 is 9.13 Å². The van der Waals surface area contributed by atoms with Gasteiger partial charge in [-0.05, 0) is 64.4 Å². The maximum absolute atomic E-state index is 10.7. The van der Waals surface area contributed by atoms with Gasteiger partial charge in [0.15, 0.2) is 0 Å². The van der Waals surface area contributed by atoms with E-state index in [-0.39, 0.29) is 0 Å². The number of aromatic nitrogens is 2. The summed E-state index contributed by atoms with van der Waals surface area (Å²) in [7, 11) is 0. The van der Waals surface area contributed by atoms with Crippen LogP contribution >= 0.6 is 0 Å². The van der Waals surface area contributed by atoms with Crippen molar-refractivity contribution < 1.29 is 0 Å². The van der Waals surface area contributed by atoms with Crippen molar-refractivity contribution >= 4 is 54.4 Å². The number of para-hydroxylation sites is 2. The summed E-state index contributed by atoms with van der Waals surface area (Å²) in [5.41, 5.74) is 8.52. The lowest BCUT2D eigenvalue weighted by Gasteiger charge is -2.19. The van der Waals surface area contributed by atoms with Crippen LogP contribution in [0.3, 0.4) is 0 Å². The van der Waals surface area contributed by atoms with Gasteiger partial charge in [0.1, 0.15) is 12.1 Å². The number of fused-ring (bicyclic) bond motifs is 8. The molecule has 9 aromatic rings. The van der Waals surface area contributed by atoms with Crippen LogP contribution in [0, 0.1) is 22.7 Å². The summed E-state index contributed by atoms with van der Waals surface area (Å²) in [5, 5.41) is 27.8. The van der Waals surface area contributed by atoms with Crippen molar-refractivity contribution in [2.24, 2.45) is 0 Å². The van der Waals surface area contributed by atoms with Gasteiger partial charge in [0.2, 0.25) is 0 Å². The molecule has 46 heavy (non-hydrogen) atoms. The summed E-state index contributed by atoms with van der Waals surface area (Å²) in [5.74, 6) is 0. The fourth-order valence-electron chi connectivity index (χ4n) is 7.22. The van der Waals surface area contributed by atoms with Crippen molar-refractivity contribution in [3.63, 3.8) is 0 Å². The molecule has 0 saturated heterocycles. The predicted octanol–water partition coefficient (Wildman–Crippen LogP) is 10.4. The molecule has 0 radical (unpaired) electrons. The molecule has 0 aliphatic heterocycles. The van der Waals surface area contributed by atoms with E-state index in [0.29, 0.717) is 16.8 Å². The van der Waals surface area contributed by atoms with Gasteiger partial charge in [-0.25, -0.2) is 0 Å². The van der Waals surface area contributed by atoms with Crippen molar-refractivity contribution in [3.05, 3.63) is 157 Å². The monoisotopic (exact) mass is 584 g/mol. The van der Waals surface area contributed by atoms with Crippen LogP contribution in [0.5, 0.6) is 0 Å². The second-order valence-electron chi connectivity index (χ2n) is 11.6. The maximum Gasteiger partial charge on any atom is 0.103 e. The minimum absolute atomic E-state index is 0.347. The van der Waals surface area contributed by atoms with E-state index in [1.807, 2.05) is 18.2 Å². The molecule has 0 aliphatic carbocycles. The Hall–Kier alpha value is -6.62. The molecule has 7 aromatic carbocycles. The molecule has 0 fully saturated rings. The Morgan fingerprint density at radius 2 is 1.09 bits per heavy atom. The molecule has 0 bridgehead atoms. The lowest BCUT2D eigenvalue weighted by Crippen LogP contribution is -2.07. The predicted molar refractivity (Wildman–Crippen MR) is 187 cm³/mol. The van der Waals surface area contributed by atoms with Gasteiger partial charge >= 0.3 is 0 Å². The minimum Gasteiger partial charge on any atom is -0.307 e. The fourth-order valence-corrected chi connectivity index (χ4v) is 7.22. The van der Waals surface area contributed by atoms with E-state index in [1.54, 1.807) is 6.07 Å². The first-order chi connectivity index (χ1) is 22.8. The van der Waals surface area contributed by atoms with Crippen LogP contribution in [0.15, 0.2) is 146 Å². The van der Waals surface area contributed by atoms with E-state index in [4.69, 9.17) is 0 Å². The molecule has 2 aromatic heterocycles. The lowest BCUT2D eigenvalue weighted by molar-refractivity contribution is 1.08. The number of nitriles is 2. The zero-order valence-corrected chi connectivity index (χ0v) is 24.6. The number of rotatable bonds is 3. The molecule has 212 valence electrons. The maximum atomic E-state index is 10.7. The van der Waals surface area contributed by atoms with Crippen LogP contribution in [0.2, 0.25) is 0 Å². The molecule has 4 heteroatoms. The summed E-state index contributed by atoms with van der Waals surface area (Å²) in [6.07, 6.45) is 0. The minimum atomic E-state index is 0.347. The Morgan fingerprint density at radius 1 is 0.435 bits per heavy atom. The molecule has 0 N–H and O–H groups in total. The summed E-state index contributed by atoms with van der Waals surface area (Å²) >= 11 is 0. The van der Waals surface area contributed by atoms with E-state index < -0.39 is 0 Å². The van der Waals surface area contributed by atoms with Gasteiger partial charge in [-0.3, -0.25) is 0 Å². The van der Waals surface area contributed by atoms with Crippen molar-refractivity contribution in [2.45, 2.75) is 0 Å². The van der Waals surface area contributed by atoms with Crippen LogP contribution in [-0.2, 0) is 0 Å². The molecule has 0 atom stereocenters. The number of benzene rings is 7. The Kier molecular flexibility index (Phi) is 5.59. The standard InChI is InChI=1S/C42H24N4/c43-25-30-20-23-40(45-37-17-9-7-15-33(37)41-31-13-5-4-12-28(31)18-22-39(41)45)42(35(30)26-44)46-36-16-8-6-14-32(36)34-24-29(19-21-38(34)46)27-10-2-1-3-11-27/h1-24H. The van der Waals surface area contributed by atoms with Crippen molar-refractivity contribution in [2.75, 3.05) is 0 Å². The van der Waals surface area contributed by atoms with Gasteiger partial charge in [-0.2, -0.15) is 10.5 Å². The normalized spacial score (nSPS) is 11.4. The van der Waals surface area contributed by atoms with Crippen LogP contribution in [-0.4, -0.2) is 9.13 Å². The molecule has 9 rings (SSSR count). The van der Waals surface area contributed by atoms with E-state index in [2.05, 4.69) is 143 Å². The smallest absolute Gasteiger partial charge is 0.103 e. The van der Waals surface area contributed by atoms with Crippen LogP contribution in [0.1, 0.15) is 11.1 Å². The largest absolute Gasteiger partial charge is 0.307 e. The summed E-state index contributed by atoms with van der Waals surface area (Å²) in [4.78, 5) is 0. The van der Waals surface area contributed by atoms with Crippen LogP contribution in [0.25, 0.3) is 76.9 Å². The lowest BCUT2D eigenvalue weighted by atomic mass is 10.0. The van der Waals surface area contributed by atoms with Crippen molar-refractivity contribution in [1.82, 2.24) is 9.13 Å². The molecule has 0 unspecified atom stereocenters. The van der Waals surface area contributed by atoms with Crippen molar-refractivity contribution in [3.8, 4) is 34.6 Å². The third-order valence-electron chi connectivity index (χ3n) is 9.20. The highest BCUT2D eigenvalue weighted by Gasteiger charge is 2.24. The van der Waals surface area contributed by atoms with E-state index in [1.165, 1.54) is 10.8 Å². The molecule has 4 nitrogen and oxygen atoms in total. The van der Waals surface area contributed by atoms with Gasteiger partial charge in [-0.1, -0.05) is 103 Å². The van der Waals surface area contributed by atoms with E-state index in [0.717, 1.165) is 60.4 Å². The first-order valence-corrected chi connectivity index (χ1v) is 15.2. The summed E-state index contributed by atoms with van der Waals surface area (Å²) in [6, 6.07) is 54.9. The Bertz CT molecular complexity index is 2770. The van der Waals surface area contributed by atoms with Gasteiger partial charge in [0.05, 0.1) is 44.6 Å². The topological polar surface area (TPSA) is 57.4 Å². The molecule has 0 aliphatic rings. The number of hydrogen-bond donors (Lipinski definition) is 0. The second-order valence-corrected chi connectivity index (χ2v) is 11.6. The Labute approximate surface area is 264 Å². The quantitative estimate of drug-likeness (QED) is 0.207. The van der Waals surface area contributed by atoms with Gasteiger partial charge in [0.25, 0.3) is 0 Å². The average Bonchev–Trinajstić information content (AvgIpc) is 3.64. The van der Waals surface area contributed by atoms with Gasteiger partial charge in [-0.15, -0.1) is 0 Å². The van der Waals surface area contributed by atoms with Crippen LogP contribution in [0.4, 0.5) is 0 Å². The first-order valence-electron chi connectivity index (χ1n) is 15.2. The van der Waals surface area contributed by atoms with E-state index >= 15 is 0 Å². The van der Waals surface area contributed by atoms with Crippen LogP contribution < -0.4 is 0 Å². The Morgan fingerprint density at radius 3 is 1.87 bits per heavy atom. The molecular formula is C42H24N4. The highest BCUT2D eigenvalue weighted by molar-refractivity contribution is 6.21. The first kappa shape index (κ1) is 25.8. The zero-order chi connectivity index (χ0) is 30.8. The average molecular weight is 585 g/mol. The second kappa shape index (κ2) is 9.96. The van der Waals surface area contributed by atoms with Crippen molar-refractivity contribution in [1.29, 1.82) is 10.5 Å². The SMILES string of the molecule is N#Cc1ccc(-n2c3ccccc3c3c4ccccc4ccc32)c(-n2c3ccccc3c3cc(-c4ccccc4)ccc32)c1C#N. The third-order valence-corrected chi connectivity index (χ3v) is 9.20. The zero-order valence-electron chi connectivity index (χ0n) is 24.6. The Balaban J connectivity index is 1.45.